The second-order valence-corrected chi connectivity index (χ2v) is 5.71. The normalized spacial score (nSPS) is 11.0. The number of nitrogens with zero attached hydrogens (tertiary/aromatic N) is 3. The lowest BCUT2D eigenvalue weighted by atomic mass is 10.3. The number of nitrogens with two attached hydrogens (primary N) is 1. The topological polar surface area (TPSA) is 85.0 Å². The molecule has 0 amide bonds. The van der Waals surface area contributed by atoms with E-state index in [9.17, 15) is 0 Å². The number of anilines is 1. The first-order valence-corrected chi connectivity index (χ1v) is 8.00. The van der Waals surface area contributed by atoms with Crippen molar-refractivity contribution in [3.63, 3.8) is 0 Å². The fraction of sp³-hybridized carbons (Fsp3) is 0.333. The lowest BCUT2D eigenvalue weighted by Gasteiger charge is -2.10. The lowest BCUT2D eigenvalue weighted by molar-refractivity contribution is 0.253. The Kier molecular flexibility index (Phi) is 9.74. The highest BCUT2D eigenvalue weighted by atomic mass is 127. The van der Waals surface area contributed by atoms with Crippen molar-refractivity contribution in [3.05, 3.63) is 48.2 Å². The summed E-state index contributed by atoms with van der Waals surface area (Å²) in [6.45, 7) is 1.86. The van der Waals surface area contributed by atoms with Gasteiger partial charge in [-0.1, -0.05) is 6.07 Å². The predicted molar refractivity (Wildman–Crippen MR) is 116 cm³/mol. The van der Waals surface area contributed by atoms with Crippen LogP contribution in [0.3, 0.4) is 0 Å². The molecule has 0 aliphatic carbocycles. The van der Waals surface area contributed by atoms with Gasteiger partial charge in [0.25, 0.3) is 0 Å². The van der Waals surface area contributed by atoms with E-state index in [0.29, 0.717) is 25.0 Å². The van der Waals surface area contributed by atoms with Crippen molar-refractivity contribution < 1.29 is 9.47 Å². The van der Waals surface area contributed by atoms with Crippen LogP contribution in [0.5, 0.6) is 11.6 Å². The molecule has 0 fully saturated rings. The van der Waals surface area contributed by atoms with Gasteiger partial charge in [0.2, 0.25) is 5.88 Å². The first-order valence-electron chi connectivity index (χ1n) is 8.00. The van der Waals surface area contributed by atoms with Gasteiger partial charge in [-0.25, -0.2) is 9.98 Å². The fourth-order valence-corrected chi connectivity index (χ4v) is 2.03. The van der Waals surface area contributed by atoms with Crippen LogP contribution in [0.1, 0.15) is 5.56 Å². The van der Waals surface area contributed by atoms with Crippen LogP contribution < -0.4 is 20.5 Å². The summed E-state index contributed by atoms with van der Waals surface area (Å²) in [5.41, 5.74) is 7.74. The van der Waals surface area contributed by atoms with Crippen LogP contribution in [0.15, 0.2) is 47.6 Å². The van der Waals surface area contributed by atoms with Gasteiger partial charge in [0, 0.05) is 30.6 Å². The zero-order valence-corrected chi connectivity index (χ0v) is 17.6. The maximum absolute atomic E-state index is 5.94. The summed E-state index contributed by atoms with van der Waals surface area (Å²) in [6, 6.07) is 11.3. The predicted octanol–water partition coefficient (Wildman–Crippen LogP) is 2.58. The summed E-state index contributed by atoms with van der Waals surface area (Å²) in [4.78, 5) is 10.6. The third-order valence-electron chi connectivity index (χ3n) is 3.36. The number of ether oxygens (including phenoxy) is 2. The SMILES string of the molecule is COc1cccc(NC(N)=NCc2ccnc(OCCN(C)C)c2)c1.I. The molecule has 26 heavy (non-hydrogen) atoms. The summed E-state index contributed by atoms with van der Waals surface area (Å²) < 4.78 is 10.8. The lowest BCUT2D eigenvalue weighted by Crippen LogP contribution is -2.22. The van der Waals surface area contributed by atoms with Crippen LogP contribution in [0.2, 0.25) is 0 Å². The number of benzene rings is 1. The summed E-state index contributed by atoms with van der Waals surface area (Å²) in [7, 11) is 5.62. The second-order valence-electron chi connectivity index (χ2n) is 5.71. The highest BCUT2D eigenvalue weighted by molar-refractivity contribution is 14.0. The number of halogens is 1. The van der Waals surface area contributed by atoms with E-state index in [-0.39, 0.29) is 24.0 Å². The van der Waals surface area contributed by atoms with E-state index in [4.69, 9.17) is 15.2 Å². The Morgan fingerprint density at radius 2 is 2.08 bits per heavy atom. The Hall–Kier alpha value is -2.07. The average molecular weight is 471 g/mol. The van der Waals surface area contributed by atoms with Crippen molar-refractivity contribution in [2.75, 3.05) is 39.7 Å². The van der Waals surface area contributed by atoms with Crippen LogP contribution >= 0.6 is 24.0 Å². The highest BCUT2D eigenvalue weighted by Gasteiger charge is 2.01. The number of pyridine rings is 1. The Balaban J connectivity index is 0.00000338. The number of nitrogens with one attached hydrogen (secondary N) is 1. The minimum atomic E-state index is 0. The van der Waals surface area contributed by atoms with Gasteiger partial charge in [-0.15, -0.1) is 24.0 Å². The van der Waals surface area contributed by atoms with Crippen LogP contribution in [0.25, 0.3) is 0 Å². The molecule has 0 spiro atoms. The molecule has 0 radical (unpaired) electrons. The van der Waals surface area contributed by atoms with E-state index in [1.54, 1.807) is 13.3 Å². The summed E-state index contributed by atoms with van der Waals surface area (Å²) >= 11 is 0. The molecular weight excluding hydrogens is 445 g/mol. The van der Waals surface area contributed by atoms with Gasteiger partial charge in [0.1, 0.15) is 12.4 Å². The molecule has 3 N–H and O–H groups in total. The Labute approximate surface area is 171 Å². The minimum absolute atomic E-state index is 0. The molecular formula is C18H26IN5O2. The van der Waals surface area contributed by atoms with Crippen molar-refractivity contribution >= 4 is 35.6 Å². The number of hydrogen-bond acceptors (Lipinski definition) is 5. The third kappa shape index (κ3) is 7.87. The van der Waals surface area contributed by atoms with Crippen molar-refractivity contribution in [2.45, 2.75) is 6.54 Å². The first-order chi connectivity index (χ1) is 12.1. The van der Waals surface area contributed by atoms with Gasteiger partial charge in [-0.3, -0.25) is 0 Å². The number of aromatic nitrogens is 1. The summed E-state index contributed by atoms with van der Waals surface area (Å²) in [5, 5.41) is 3.04. The number of methoxy groups -OCH3 is 1. The fourth-order valence-electron chi connectivity index (χ4n) is 2.03. The molecule has 2 rings (SSSR count). The molecule has 1 aromatic carbocycles. The number of likely N-dealkylation sites (N-methyl/N-ethyl adjacent to an activating group) is 1. The van der Waals surface area contributed by atoms with Crippen LogP contribution in [0, 0.1) is 0 Å². The molecule has 0 aliphatic rings. The van der Waals surface area contributed by atoms with Crippen LogP contribution in [-0.2, 0) is 6.54 Å². The number of rotatable bonds is 8. The number of aliphatic imine (C=N–C) groups is 1. The quantitative estimate of drug-likeness (QED) is 0.350. The third-order valence-corrected chi connectivity index (χ3v) is 3.36. The molecule has 1 heterocycles. The minimum Gasteiger partial charge on any atom is -0.497 e. The first kappa shape index (κ1) is 22.0. The smallest absolute Gasteiger partial charge is 0.213 e. The molecule has 142 valence electrons. The Bertz CT molecular complexity index is 709. The van der Waals surface area contributed by atoms with Crippen molar-refractivity contribution in [2.24, 2.45) is 10.7 Å². The van der Waals surface area contributed by atoms with Gasteiger partial charge in [-0.2, -0.15) is 0 Å². The molecule has 1 aromatic heterocycles. The number of guanidine groups is 1. The zero-order valence-electron chi connectivity index (χ0n) is 15.3. The Morgan fingerprint density at radius 1 is 1.27 bits per heavy atom. The monoisotopic (exact) mass is 471 g/mol. The molecule has 7 nitrogen and oxygen atoms in total. The molecule has 0 atom stereocenters. The second kappa shape index (κ2) is 11.5. The van der Waals surface area contributed by atoms with Crippen molar-refractivity contribution in [3.8, 4) is 11.6 Å². The zero-order chi connectivity index (χ0) is 18.1. The van der Waals surface area contributed by atoms with Crippen molar-refractivity contribution in [1.29, 1.82) is 0 Å². The molecule has 0 saturated carbocycles. The summed E-state index contributed by atoms with van der Waals surface area (Å²) in [5.74, 6) is 1.68. The molecule has 0 aliphatic heterocycles. The van der Waals surface area contributed by atoms with Gasteiger partial charge in [-0.05, 0) is 37.9 Å². The van der Waals surface area contributed by atoms with Gasteiger partial charge < -0.3 is 25.4 Å². The average Bonchev–Trinajstić information content (AvgIpc) is 2.60. The number of hydrogen-bond donors (Lipinski definition) is 2. The standard InChI is InChI=1S/C18H25N5O2.HI/c1-23(2)9-10-25-17-11-14(7-8-20-17)13-21-18(19)22-15-5-4-6-16(12-15)24-3;/h4-8,11-12H,9-10,13H2,1-3H3,(H3,19,21,22);1H. The van der Waals surface area contributed by atoms with Crippen LogP contribution in [-0.4, -0.2) is 50.2 Å². The molecule has 0 saturated heterocycles. The van der Waals surface area contributed by atoms with Gasteiger partial charge in [0.05, 0.1) is 13.7 Å². The molecule has 0 unspecified atom stereocenters. The molecule has 2 aromatic rings. The highest BCUT2D eigenvalue weighted by Crippen LogP contribution is 2.16. The Morgan fingerprint density at radius 3 is 2.81 bits per heavy atom. The maximum atomic E-state index is 5.94. The van der Waals surface area contributed by atoms with Gasteiger partial charge in [0.15, 0.2) is 5.96 Å². The van der Waals surface area contributed by atoms with E-state index in [2.05, 4.69) is 20.2 Å². The van der Waals surface area contributed by atoms with Gasteiger partial charge >= 0.3 is 0 Å². The largest absolute Gasteiger partial charge is 0.497 e. The van der Waals surface area contributed by atoms with E-state index >= 15 is 0 Å². The van der Waals surface area contributed by atoms with E-state index < -0.39 is 0 Å². The summed E-state index contributed by atoms with van der Waals surface area (Å²) in [6.07, 6.45) is 1.71. The van der Waals surface area contributed by atoms with Crippen LogP contribution in [0.4, 0.5) is 5.69 Å². The van der Waals surface area contributed by atoms with Crippen molar-refractivity contribution in [1.82, 2.24) is 9.88 Å². The van der Waals surface area contributed by atoms with E-state index in [1.165, 1.54) is 0 Å². The molecule has 0 bridgehead atoms. The van der Waals surface area contributed by atoms with E-state index in [1.807, 2.05) is 50.5 Å². The van der Waals surface area contributed by atoms with E-state index in [0.717, 1.165) is 23.5 Å². The molecule has 8 heteroatoms. The maximum Gasteiger partial charge on any atom is 0.213 e.